The molecule has 0 aliphatic carbocycles. The van der Waals surface area contributed by atoms with E-state index in [4.69, 9.17) is 4.42 Å². The van der Waals surface area contributed by atoms with Gasteiger partial charge < -0.3 is 9.84 Å². The van der Waals surface area contributed by atoms with Crippen LogP contribution in [-0.4, -0.2) is 9.60 Å². The van der Waals surface area contributed by atoms with Gasteiger partial charge in [-0.1, -0.05) is 0 Å². The molecule has 6 nitrogen and oxygen atoms in total. The number of hydrogen-bond acceptors (Lipinski definition) is 4. The summed E-state index contributed by atoms with van der Waals surface area (Å²) in [7, 11) is 0. The van der Waals surface area contributed by atoms with Gasteiger partial charge in [0.25, 0.3) is 0 Å². The minimum atomic E-state index is -0.556. The average Bonchev–Trinajstić information content (AvgIpc) is 2.86. The number of nitrogens with zero attached hydrogens (tertiary/aromatic N) is 2. The van der Waals surface area contributed by atoms with E-state index in [-0.39, 0.29) is 5.88 Å². The van der Waals surface area contributed by atoms with Crippen LogP contribution in [0.1, 0.15) is 5.76 Å². The maximum atomic E-state index is 10.3. The zero-order chi connectivity index (χ0) is 10.7. The summed E-state index contributed by atoms with van der Waals surface area (Å²) >= 11 is 0. The highest BCUT2D eigenvalue weighted by Crippen LogP contribution is 2.15. The maximum absolute atomic E-state index is 10.3. The highest BCUT2D eigenvalue weighted by Gasteiger charge is 2.10. The van der Waals surface area contributed by atoms with Gasteiger partial charge in [0.1, 0.15) is 10.7 Å². The molecule has 2 aromatic rings. The van der Waals surface area contributed by atoms with Crippen LogP contribution in [-0.2, 0) is 6.54 Å². The molecule has 2 aromatic heterocycles. The lowest BCUT2D eigenvalue weighted by molar-refractivity contribution is -0.402. The molecule has 0 saturated carbocycles. The summed E-state index contributed by atoms with van der Waals surface area (Å²) in [6.07, 6.45) is 3.66. The molecule has 2 heterocycles. The van der Waals surface area contributed by atoms with Crippen LogP contribution in [0.4, 0.5) is 5.88 Å². The van der Waals surface area contributed by atoms with Crippen LogP contribution in [0.5, 0.6) is 0 Å². The predicted octanol–water partition coefficient (Wildman–Crippen LogP) is 1.73. The van der Waals surface area contributed by atoms with Crippen molar-refractivity contribution in [3.05, 3.63) is 52.5 Å². The Morgan fingerprint density at radius 2 is 2.13 bits per heavy atom. The fourth-order valence-corrected chi connectivity index (χ4v) is 1.17. The zero-order valence-corrected chi connectivity index (χ0v) is 7.79. The Labute approximate surface area is 85.2 Å². The molecular formula is C9H9N3O3. The first-order chi connectivity index (χ1) is 7.25. The normalized spacial score (nSPS) is 10.1. The SMILES string of the molecule is O=[N+]([O-])c1ccc(CNn2cccc2)o1. The average molecular weight is 207 g/mol. The van der Waals surface area contributed by atoms with Crippen molar-refractivity contribution in [1.82, 2.24) is 4.68 Å². The Hall–Kier alpha value is -2.24. The van der Waals surface area contributed by atoms with Crippen LogP contribution in [0.3, 0.4) is 0 Å². The highest BCUT2D eigenvalue weighted by atomic mass is 16.6. The molecule has 1 N–H and O–H groups in total. The zero-order valence-electron chi connectivity index (χ0n) is 7.79. The molecule has 0 fully saturated rings. The summed E-state index contributed by atoms with van der Waals surface area (Å²) in [5.74, 6) is 0.287. The standard InChI is InChI=1S/C9H9N3O3/c13-12(14)9-4-3-8(15-9)7-10-11-5-1-2-6-11/h1-6,10H,7H2. The summed E-state index contributed by atoms with van der Waals surface area (Å²) in [6.45, 7) is 0.405. The van der Waals surface area contributed by atoms with Crippen molar-refractivity contribution in [2.75, 3.05) is 5.43 Å². The topological polar surface area (TPSA) is 73.2 Å². The van der Waals surface area contributed by atoms with Crippen LogP contribution < -0.4 is 5.43 Å². The van der Waals surface area contributed by atoms with Crippen LogP contribution in [0.2, 0.25) is 0 Å². The molecule has 0 spiro atoms. The Bertz CT molecular complexity index is 447. The van der Waals surface area contributed by atoms with Crippen molar-refractivity contribution in [2.45, 2.75) is 6.54 Å². The lowest BCUT2D eigenvalue weighted by Gasteiger charge is -2.03. The van der Waals surface area contributed by atoms with Crippen LogP contribution in [0.25, 0.3) is 0 Å². The van der Waals surface area contributed by atoms with E-state index in [1.807, 2.05) is 24.5 Å². The largest absolute Gasteiger partial charge is 0.433 e. The van der Waals surface area contributed by atoms with E-state index in [9.17, 15) is 10.1 Å². The smallest absolute Gasteiger partial charge is 0.404 e. The minimum absolute atomic E-state index is 0.237. The fraction of sp³-hybridized carbons (Fsp3) is 0.111. The van der Waals surface area contributed by atoms with E-state index in [1.54, 1.807) is 10.7 Å². The second-order valence-electron chi connectivity index (χ2n) is 2.92. The number of hydrogen-bond donors (Lipinski definition) is 1. The molecular weight excluding hydrogens is 198 g/mol. The molecule has 2 rings (SSSR count). The van der Waals surface area contributed by atoms with E-state index in [1.165, 1.54) is 6.07 Å². The van der Waals surface area contributed by atoms with E-state index < -0.39 is 4.92 Å². The number of nitrogens with one attached hydrogen (secondary N) is 1. The summed E-state index contributed by atoms with van der Waals surface area (Å²) < 4.78 is 6.71. The molecule has 0 amide bonds. The van der Waals surface area contributed by atoms with Crippen LogP contribution in [0.15, 0.2) is 41.1 Å². The lowest BCUT2D eigenvalue weighted by atomic mass is 10.4. The van der Waals surface area contributed by atoms with Gasteiger partial charge in [-0.05, 0) is 18.2 Å². The van der Waals surface area contributed by atoms with Crippen molar-refractivity contribution in [2.24, 2.45) is 0 Å². The second-order valence-corrected chi connectivity index (χ2v) is 2.92. The first-order valence-electron chi connectivity index (χ1n) is 4.35. The van der Waals surface area contributed by atoms with Gasteiger partial charge in [0.05, 0.1) is 12.6 Å². The molecule has 0 aliphatic heterocycles. The third-order valence-electron chi connectivity index (χ3n) is 1.87. The first-order valence-corrected chi connectivity index (χ1v) is 4.35. The summed E-state index contributed by atoms with van der Waals surface area (Å²) in [4.78, 5) is 9.78. The minimum Gasteiger partial charge on any atom is -0.404 e. The van der Waals surface area contributed by atoms with Gasteiger partial charge in [-0.15, -0.1) is 0 Å². The molecule has 0 aliphatic rings. The van der Waals surface area contributed by atoms with Crippen molar-refractivity contribution in [1.29, 1.82) is 0 Å². The first kappa shape index (κ1) is 9.32. The highest BCUT2D eigenvalue weighted by molar-refractivity contribution is 5.18. The van der Waals surface area contributed by atoms with Gasteiger partial charge in [0.2, 0.25) is 0 Å². The van der Waals surface area contributed by atoms with E-state index in [0.717, 1.165) is 0 Å². The molecule has 0 saturated heterocycles. The molecule has 0 atom stereocenters. The second kappa shape index (κ2) is 3.87. The monoisotopic (exact) mass is 207 g/mol. The molecule has 0 bridgehead atoms. The Balaban J connectivity index is 1.96. The summed E-state index contributed by atoms with van der Waals surface area (Å²) in [5.41, 5.74) is 2.99. The number of furan rings is 1. The maximum Gasteiger partial charge on any atom is 0.433 e. The van der Waals surface area contributed by atoms with E-state index in [2.05, 4.69) is 5.43 Å². The number of rotatable bonds is 4. The van der Waals surface area contributed by atoms with E-state index in [0.29, 0.717) is 12.3 Å². The predicted molar refractivity (Wildman–Crippen MR) is 52.9 cm³/mol. The van der Waals surface area contributed by atoms with Crippen LogP contribution in [0, 0.1) is 10.1 Å². The van der Waals surface area contributed by atoms with Gasteiger partial charge in [0, 0.05) is 12.4 Å². The quantitative estimate of drug-likeness (QED) is 0.612. The number of nitro groups is 1. The lowest BCUT2D eigenvalue weighted by Crippen LogP contribution is -2.11. The van der Waals surface area contributed by atoms with Crippen molar-refractivity contribution < 1.29 is 9.34 Å². The van der Waals surface area contributed by atoms with Crippen molar-refractivity contribution in [3.63, 3.8) is 0 Å². The van der Waals surface area contributed by atoms with Crippen LogP contribution >= 0.6 is 0 Å². The molecule has 78 valence electrons. The molecule has 0 radical (unpaired) electrons. The molecule has 0 unspecified atom stereocenters. The molecule has 0 aromatic carbocycles. The Morgan fingerprint density at radius 3 is 2.73 bits per heavy atom. The Morgan fingerprint density at radius 1 is 1.40 bits per heavy atom. The van der Waals surface area contributed by atoms with E-state index >= 15 is 0 Å². The third kappa shape index (κ3) is 2.16. The van der Waals surface area contributed by atoms with Gasteiger partial charge >= 0.3 is 5.88 Å². The summed E-state index contributed by atoms with van der Waals surface area (Å²) in [6, 6.07) is 6.66. The Kier molecular flexibility index (Phi) is 2.40. The van der Waals surface area contributed by atoms with Gasteiger partial charge in [-0.3, -0.25) is 14.8 Å². The van der Waals surface area contributed by atoms with Gasteiger partial charge in [-0.25, -0.2) is 0 Å². The molecule has 15 heavy (non-hydrogen) atoms. The molecule has 6 heteroatoms. The summed E-state index contributed by atoms with van der Waals surface area (Å²) in [5, 5.41) is 10.3. The fourth-order valence-electron chi connectivity index (χ4n) is 1.17. The van der Waals surface area contributed by atoms with Crippen molar-refractivity contribution >= 4 is 5.88 Å². The van der Waals surface area contributed by atoms with Gasteiger partial charge in [-0.2, -0.15) is 0 Å². The van der Waals surface area contributed by atoms with Gasteiger partial charge in [0.15, 0.2) is 0 Å². The van der Waals surface area contributed by atoms with Crippen molar-refractivity contribution in [3.8, 4) is 0 Å². The third-order valence-corrected chi connectivity index (χ3v) is 1.87. The number of aromatic nitrogens is 1.